The van der Waals surface area contributed by atoms with Crippen molar-refractivity contribution in [1.82, 2.24) is 9.97 Å². The molecule has 4 N–H and O–H groups in total. The molecule has 2 aromatic rings. The highest BCUT2D eigenvalue weighted by molar-refractivity contribution is 5.78. The molecule has 0 amide bonds. The Bertz CT molecular complexity index is 684. The third-order valence-corrected chi connectivity index (χ3v) is 4.04. The lowest BCUT2D eigenvalue weighted by Gasteiger charge is -2.31. The molecule has 3 rings (SSSR count). The summed E-state index contributed by atoms with van der Waals surface area (Å²) in [5.74, 6) is 0.201. The Labute approximate surface area is 134 Å². The van der Waals surface area contributed by atoms with Crippen LogP contribution >= 0.6 is 0 Å². The highest BCUT2D eigenvalue weighted by Gasteiger charge is 2.26. The van der Waals surface area contributed by atoms with Gasteiger partial charge in [0.2, 0.25) is 0 Å². The van der Waals surface area contributed by atoms with E-state index in [4.69, 9.17) is 10.8 Å². The molecule has 1 aromatic heterocycles. The number of anilines is 4. The fourth-order valence-corrected chi connectivity index (χ4v) is 2.73. The second-order valence-electron chi connectivity index (χ2n) is 5.55. The number of benzene rings is 1. The summed E-state index contributed by atoms with van der Waals surface area (Å²) < 4.78 is 0. The van der Waals surface area contributed by atoms with Crippen LogP contribution in [0, 0.1) is 5.92 Å². The molecule has 1 aliphatic heterocycles. The lowest BCUT2D eigenvalue weighted by atomic mass is 9.97. The monoisotopic (exact) mass is 313 g/mol. The fourth-order valence-electron chi connectivity index (χ4n) is 2.73. The maximum atomic E-state index is 11.0. The summed E-state index contributed by atoms with van der Waals surface area (Å²) in [5.41, 5.74) is 7.58. The van der Waals surface area contributed by atoms with E-state index < -0.39 is 5.97 Å². The number of carboxylic acids is 1. The van der Waals surface area contributed by atoms with Crippen molar-refractivity contribution in [3.63, 3.8) is 0 Å². The van der Waals surface area contributed by atoms with Crippen molar-refractivity contribution in [3.05, 3.63) is 36.7 Å². The average molecular weight is 313 g/mol. The second-order valence-corrected chi connectivity index (χ2v) is 5.55. The second kappa shape index (κ2) is 6.51. The molecule has 23 heavy (non-hydrogen) atoms. The number of nitrogen functional groups attached to an aromatic ring is 1. The molecule has 1 saturated heterocycles. The van der Waals surface area contributed by atoms with Crippen LogP contribution in [-0.2, 0) is 4.79 Å². The number of nitrogens with one attached hydrogen (secondary N) is 1. The number of para-hydroxylation sites is 1. The van der Waals surface area contributed by atoms with Gasteiger partial charge in [-0.15, -0.1) is 0 Å². The normalized spacial score (nSPS) is 15.4. The molecular formula is C16H19N5O2. The van der Waals surface area contributed by atoms with E-state index in [2.05, 4.69) is 15.3 Å². The van der Waals surface area contributed by atoms with Crippen molar-refractivity contribution in [2.75, 3.05) is 29.0 Å². The lowest BCUT2D eigenvalue weighted by Crippen LogP contribution is -2.37. The number of piperidine rings is 1. The van der Waals surface area contributed by atoms with E-state index in [1.807, 2.05) is 35.2 Å². The standard InChI is InChI=1S/C16H19N5O2/c17-13-14(20-12-4-2-1-3-5-12)18-10-19-15(13)21-8-6-11(7-9-21)16(22)23/h1-5,10-11H,6-9,17H2,(H,22,23)(H,18,19,20). The lowest BCUT2D eigenvalue weighted by molar-refractivity contribution is -0.142. The van der Waals surface area contributed by atoms with Gasteiger partial charge in [0.25, 0.3) is 0 Å². The summed E-state index contributed by atoms with van der Waals surface area (Å²) in [7, 11) is 0. The van der Waals surface area contributed by atoms with Crippen molar-refractivity contribution in [3.8, 4) is 0 Å². The van der Waals surface area contributed by atoms with Crippen LogP contribution < -0.4 is 16.0 Å². The fraction of sp³-hybridized carbons (Fsp3) is 0.312. The number of nitrogens with two attached hydrogens (primary N) is 1. The summed E-state index contributed by atoms with van der Waals surface area (Å²) in [6, 6.07) is 9.65. The van der Waals surface area contributed by atoms with Crippen molar-refractivity contribution in [2.24, 2.45) is 5.92 Å². The Morgan fingerprint density at radius 2 is 1.91 bits per heavy atom. The molecule has 0 atom stereocenters. The zero-order valence-corrected chi connectivity index (χ0v) is 12.6. The van der Waals surface area contributed by atoms with Crippen LogP contribution in [0.2, 0.25) is 0 Å². The maximum absolute atomic E-state index is 11.0. The van der Waals surface area contributed by atoms with Gasteiger partial charge < -0.3 is 21.1 Å². The summed E-state index contributed by atoms with van der Waals surface area (Å²) in [4.78, 5) is 21.5. The van der Waals surface area contributed by atoms with E-state index in [-0.39, 0.29) is 5.92 Å². The van der Waals surface area contributed by atoms with Crippen LogP contribution in [0.4, 0.5) is 23.0 Å². The van der Waals surface area contributed by atoms with Crippen LogP contribution in [0.5, 0.6) is 0 Å². The van der Waals surface area contributed by atoms with Gasteiger partial charge in [-0.1, -0.05) is 18.2 Å². The van der Waals surface area contributed by atoms with E-state index in [0.717, 1.165) is 5.69 Å². The SMILES string of the molecule is Nc1c(Nc2ccccc2)ncnc1N1CCC(C(=O)O)CC1. The minimum atomic E-state index is -0.730. The number of carboxylic acid groups (broad SMARTS) is 1. The predicted molar refractivity (Wildman–Crippen MR) is 88.7 cm³/mol. The summed E-state index contributed by atoms with van der Waals surface area (Å²) in [6.07, 6.45) is 2.67. The Hall–Kier alpha value is -2.83. The number of aromatic nitrogens is 2. The third-order valence-electron chi connectivity index (χ3n) is 4.04. The summed E-state index contributed by atoms with van der Waals surface area (Å²) in [6.45, 7) is 1.26. The first-order valence-electron chi connectivity index (χ1n) is 7.55. The van der Waals surface area contributed by atoms with Gasteiger partial charge >= 0.3 is 5.97 Å². The molecule has 1 fully saturated rings. The number of hydrogen-bond acceptors (Lipinski definition) is 6. The Morgan fingerprint density at radius 3 is 2.57 bits per heavy atom. The first kappa shape index (κ1) is 15.1. The van der Waals surface area contributed by atoms with Gasteiger partial charge in [0.1, 0.15) is 12.0 Å². The minimum Gasteiger partial charge on any atom is -0.481 e. The molecular weight excluding hydrogens is 294 g/mol. The molecule has 1 aromatic carbocycles. The number of nitrogens with zero attached hydrogens (tertiary/aromatic N) is 3. The van der Waals surface area contributed by atoms with E-state index >= 15 is 0 Å². The van der Waals surface area contributed by atoms with Crippen molar-refractivity contribution < 1.29 is 9.90 Å². The first-order chi connectivity index (χ1) is 11.1. The molecule has 7 heteroatoms. The van der Waals surface area contributed by atoms with E-state index in [1.165, 1.54) is 6.33 Å². The van der Waals surface area contributed by atoms with Gasteiger partial charge in [-0.2, -0.15) is 0 Å². The molecule has 7 nitrogen and oxygen atoms in total. The molecule has 0 bridgehead atoms. The topological polar surface area (TPSA) is 104 Å². The highest BCUT2D eigenvalue weighted by Crippen LogP contribution is 2.31. The minimum absolute atomic E-state index is 0.281. The molecule has 2 heterocycles. The van der Waals surface area contributed by atoms with Crippen molar-refractivity contribution in [1.29, 1.82) is 0 Å². The zero-order valence-electron chi connectivity index (χ0n) is 12.6. The van der Waals surface area contributed by atoms with Gasteiger partial charge in [-0.05, 0) is 25.0 Å². The summed E-state index contributed by atoms with van der Waals surface area (Å²) in [5, 5.41) is 12.3. The zero-order chi connectivity index (χ0) is 16.2. The largest absolute Gasteiger partial charge is 0.481 e. The van der Waals surface area contributed by atoms with Crippen LogP contribution in [0.3, 0.4) is 0 Å². The van der Waals surface area contributed by atoms with Crippen molar-refractivity contribution >= 4 is 29.0 Å². The number of rotatable bonds is 4. The van der Waals surface area contributed by atoms with Crippen molar-refractivity contribution in [2.45, 2.75) is 12.8 Å². The van der Waals surface area contributed by atoms with Crippen LogP contribution in [0.15, 0.2) is 36.7 Å². The number of hydrogen-bond donors (Lipinski definition) is 3. The number of aliphatic carboxylic acids is 1. The molecule has 120 valence electrons. The van der Waals surface area contributed by atoms with E-state index in [1.54, 1.807) is 0 Å². The summed E-state index contributed by atoms with van der Waals surface area (Å²) >= 11 is 0. The van der Waals surface area contributed by atoms with Crippen LogP contribution in [0.25, 0.3) is 0 Å². The number of carbonyl (C=O) groups is 1. The van der Waals surface area contributed by atoms with Gasteiger partial charge in [-0.25, -0.2) is 9.97 Å². The smallest absolute Gasteiger partial charge is 0.306 e. The predicted octanol–water partition coefficient (Wildman–Crippen LogP) is 2.10. The molecule has 0 saturated carbocycles. The molecule has 1 aliphatic rings. The van der Waals surface area contributed by atoms with Gasteiger partial charge in [0.15, 0.2) is 11.6 Å². The Balaban J connectivity index is 1.76. The molecule has 0 spiro atoms. The Kier molecular flexibility index (Phi) is 4.27. The molecule has 0 unspecified atom stereocenters. The van der Waals surface area contributed by atoms with Gasteiger partial charge in [-0.3, -0.25) is 4.79 Å². The highest BCUT2D eigenvalue weighted by atomic mass is 16.4. The molecule has 0 aliphatic carbocycles. The van der Waals surface area contributed by atoms with Gasteiger partial charge in [0, 0.05) is 18.8 Å². The van der Waals surface area contributed by atoms with Gasteiger partial charge in [0.05, 0.1) is 5.92 Å². The molecule has 0 radical (unpaired) electrons. The van der Waals surface area contributed by atoms with E-state index in [0.29, 0.717) is 43.3 Å². The first-order valence-corrected chi connectivity index (χ1v) is 7.55. The maximum Gasteiger partial charge on any atom is 0.306 e. The quantitative estimate of drug-likeness (QED) is 0.794. The third kappa shape index (κ3) is 3.33. The van der Waals surface area contributed by atoms with Crippen LogP contribution in [-0.4, -0.2) is 34.1 Å². The van der Waals surface area contributed by atoms with Crippen LogP contribution in [0.1, 0.15) is 12.8 Å². The average Bonchev–Trinajstić information content (AvgIpc) is 2.58. The van der Waals surface area contributed by atoms with E-state index in [9.17, 15) is 4.79 Å². The Morgan fingerprint density at radius 1 is 1.22 bits per heavy atom.